The van der Waals surface area contributed by atoms with E-state index in [0.717, 1.165) is 0 Å². The first-order chi connectivity index (χ1) is 12.2. The van der Waals surface area contributed by atoms with E-state index in [-0.39, 0.29) is 0 Å². The summed E-state index contributed by atoms with van der Waals surface area (Å²) in [6.45, 7) is 4.41. The van der Waals surface area contributed by atoms with E-state index in [2.05, 4.69) is 97.4 Å². The molecular formula is C24H20N+. The second kappa shape index (κ2) is 5.29. The lowest BCUT2D eigenvalue weighted by atomic mass is 9.95. The van der Waals surface area contributed by atoms with Crippen molar-refractivity contribution in [1.82, 2.24) is 0 Å². The van der Waals surface area contributed by atoms with Gasteiger partial charge in [0.25, 0.3) is 0 Å². The van der Waals surface area contributed by atoms with Crippen molar-refractivity contribution in [3.8, 4) is 22.4 Å². The SMILES string of the molecule is Cc1ccc2cc(-c3ccc4c(c3)-c3cccc[n+]3C4C)ccc2c1. The third-order valence-electron chi connectivity index (χ3n) is 5.42. The Morgan fingerprint density at radius 1 is 0.760 bits per heavy atom. The number of fused-ring (bicyclic) bond motifs is 4. The Kier molecular flexibility index (Phi) is 3.05. The number of benzene rings is 3. The number of rotatable bonds is 1. The van der Waals surface area contributed by atoms with Crippen molar-refractivity contribution >= 4 is 10.8 Å². The molecule has 0 bridgehead atoms. The van der Waals surface area contributed by atoms with Gasteiger partial charge < -0.3 is 0 Å². The van der Waals surface area contributed by atoms with Gasteiger partial charge in [-0.3, -0.25) is 0 Å². The fourth-order valence-electron chi connectivity index (χ4n) is 4.04. The van der Waals surface area contributed by atoms with Crippen LogP contribution in [0.3, 0.4) is 0 Å². The maximum atomic E-state index is 2.36. The number of hydrogen-bond donors (Lipinski definition) is 0. The topological polar surface area (TPSA) is 3.88 Å². The Hall–Kier alpha value is -2.93. The average Bonchev–Trinajstić information content (AvgIpc) is 2.94. The lowest BCUT2D eigenvalue weighted by Crippen LogP contribution is -2.35. The van der Waals surface area contributed by atoms with Crippen molar-refractivity contribution < 1.29 is 4.57 Å². The van der Waals surface area contributed by atoms with Crippen molar-refractivity contribution in [3.63, 3.8) is 0 Å². The van der Waals surface area contributed by atoms with E-state index >= 15 is 0 Å². The molecule has 25 heavy (non-hydrogen) atoms. The second-order valence-corrected chi connectivity index (χ2v) is 7.04. The van der Waals surface area contributed by atoms with Crippen molar-refractivity contribution in [2.45, 2.75) is 19.9 Å². The van der Waals surface area contributed by atoms with E-state index in [1.54, 1.807) is 0 Å². The quantitative estimate of drug-likeness (QED) is 0.396. The average molecular weight is 322 g/mol. The van der Waals surface area contributed by atoms with Gasteiger partial charge >= 0.3 is 0 Å². The molecular weight excluding hydrogens is 302 g/mol. The van der Waals surface area contributed by atoms with E-state index in [4.69, 9.17) is 0 Å². The zero-order valence-electron chi connectivity index (χ0n) is 14.5. The molecule has 0 amide bonds. The minimum atomic E-state index is 0.403. The van der Waals surface area contributed by atoms with E-state index in [0.29, 0.717) is 6.04 Å². The molecule has 1 heteroatoms. The van der Waals surface area contributed by atoms with Crippen LogP contribution in [0.25, 0.3) is 33.2 Å². The Morgan fingerprint density at radius 3 is 2.44 bits per heavy atom. The number of aromatic nitrogens is 1. The van der Waals surface area contributed by atoms with Crippen LogP contribution < -0.4 is 4.57 Å². The fraction of sp³-hybridized carbons (Fsp3) is 0.125. The summed E-state index contributed by atoms with van der Waals surface area (Å²) in [7, 11) is 0. The predicted molar refractivity (Wildman–Crippen MR) is 104 cm³/mol. The summed E-state index contributed by atoms with van der Waals surface area (Å²) in [5.74, 6) is 0. The first-order valence-corrected chi connectivity index (χ1v) is 8.86. The Balaban J connectivity index is 1.67. The summed E-state index contributed by atoms with van der Waals surface area (Å²) >= 11 is 0. The molecule has 0 N–H and O–H groups in total. The first kappa shape index (κ1) is 14.4. The zero-order chi connectivity index (χ0) is 17.0. The number of hydrogen-bond acceptors (Lipinski definition) is 0. The summed E-state index contributed by atoms with van der Waals surface area (Å²) < 4.78 is 2.36. The molecule has 0 radical (unpaired) electrons. The smallest absolute Gasteiger partial charge is 0.191 e. The van der Waals surface area contributed by atoms with Gasteiger partial charge in [0.1, 0.15) is 0 Å². The predicted octanol–water partition coefficient (Wildman–Crippen LogP) is 5.69. The molecule has 0 fully saturated rings. The van der Waals surface area contributed by atoms with Gasteiger partial charge in [0.15, 0.2) is 12.2 Å². The van der Waals surface area contributed by atoms with Gasteiger partial charge in [0.05, 0.1) is 5.56 Å². The number of pyridine rings is 1. The summed E-state index contributed by atoms with van der Waals surface area (Å²) in [6.07, 6.45) is 2.18. The second-order valence-electron chi connectivity index (χ2n) is 7.04. The summed E-state index contributed by atoms with van der Waals surface area (Å²) in [6, 6.07) is 27.2. The zero-order valence-corrected chi connectivity index (χ0v) is 14.5. The Morgan fingerprint density at radius 2 is 1.52 bits per heavy atom. The lowest BCUT2D eigenvalue weighted by molar-refractivity contribution is -0.694. The highest BCUT2D eigenvalue weighted by atomic mass is 15.0. The van der Waals surface area contributed by atoms with Crippen LogP contribution in [-0.4, -0.2) is 0 Å². The highest BCUT2D eigenvalue weighted by molar-refractivity contribution is 5.88. The number of aryl methyl sites for hydroxylation is 1. The largest absolute Gasteiger partial charge is 0.213 e. The molecule has 1 nitrogen and oxygen atoms in total. The van der Waals surface area contributed by atoms with Gasteiger partial charge in [-0.2, -0.15) is 4.57 Å². The third kappa shape index (κ3) is 2.20. The lowest BCUT2D eigenvalue weighted by Gasteiger charge is -2.07. The highest BCUT2D eigenvalue weighted by Gasteiger charge is 2.32. The van der Waals surface area contributed by atoms with Gasteiger partial charge in [-0.15, -0.1) is 0 Å². The summed E-state index contributed by atoms with van der Waals surface area (Å²) in [5.41, 5.74) is 7.94. The van der Waals surface area contributed by atoms with Crippen molar-refractivity contribution in [2.75, 3.05) is 0 Å². The molecule has 4 aromatic rings. The Labute approximate surface area is 148 Å². The van der Waals surface area contributed by atoms with Crippen LogP contribution in [0.2, 0.25) is 0 Å². The molecule has 0 spiro atoms. The fourth-order valence-corrected chi connectivity index (χ4v) is 4.04. The molecule has 5 rings (SSSR count). The van der Waals surface area contributed by atoms with Crippen molar-refractivity contribution in [1.29, 1.82) is 0 Å². The molecule has 120 valence electrons. The van der Waals surface area contributed by atoms with Crippen LogP contribution in [0.15, 0.2) is 79.0 Å². The molecule has 3 aromatic carbocycles. The summed E-state index contributed by atoms with van der Waals surface area (Å²) in [4.78, 5) is 0. The van der Waals surface area contributed by atoms with Gasteiger partial charge in [0.2, 0.25) is 5.69 Å². The van der Waals surface area contributed by atoms with E-state index < -0.39 is 0 Å². The van der Waals surface area contributed by atoms with Crippen molar-refractivity contribution in [3.05, 3.63) is 90.1 Å². The Bertz CT molecular complexity index is 1120. The van der Waals surface area contributed by atoms with Crippen LogP contribution in [0.4, 0.5) is 0 Å². The molecule has 0 saturated heterocycles. The van der Waals surface area contributed by atoms with Gasteiger partial charge in [-0.25, -0.2) is 0 Å². The molecule has 1 unspecified atom stereocenters. The normalized spacial score (nSPS) is 15.2. The molecule has 1 aliphatic rings. The van der Waals surface area contributed by atoms with Crippen LogP contribution in [0.1, 0.15) is 24.1 Å². The van der Waals surface area contributed by atoms with Crippen LogP contribution in [0.5, 0.6) is 0 Å². The molecule has 0 aliphatic carbocycles. The molecule has 2 heterocycles. The van der Waals surface area contributed by atoms with E-state index in [1.165, 1.54) is 44.3 Å². The maximum absolute atomic E-state index is 2.36. The molecule has 1 aromatic heterocycles. The third-order valence-corrected chi connectivity index (χ3v) is 5.42. The van der Waals surface area contributed by atoms with Gasteiger partial charge in [-0.1, -0.05) is 48.0 Å². The highest BCUT2D eigenvalue weighted by Crippen LogP contribution is 2.36. The first-order valence-electron chi connectivity index (χ1n) is 8.86. The van der Waals surface area contributed by atoms with Crippen molar-refractivity contribution in [2.24, 2.45) is 0 Å². The maximum Gasteiger partial charge on any atom is 0.213 e. The minimum Gasteiger partial charge on any atom is -0.191 e. The van der Waals surface area contributed by atoms with E-state index in [9.17, 15) is 0 Å². The number of nitrogens with zero attached hydrogens (tertiary/aromatic N) is 1. The minimum absolute atomic E-state index is 0.403. The molecule has 0 saturated carbocycles. The van der Waals surface area contributed by atoms with Crippen LogP contribution >= 0.6 is 0 Å². The van der Waals surface area contributed by atoms with Gasteiger partial charge in [0, 0.05) is 24.6 Å². The van der Waals surface area contributed by atoms with Crippen LogP contribution in [0, 0.1) is 6.92 Å². The standard InChI is InChI=1S/C24H20N/c1-16-6-7-19-14-20(9-8-18(19)13-16)21-10-11-22-17(2)25-12-4-3-5-24(25)23(22)15-21/h3-15,17H,1-2H3/q+1. The monoisotopic (exact) mass is 322 g/mol. The van der Waals surface area contributed by atoms with Crippen LogP contribution in [-0.2, 0) is 0 Å². The van der Waals surface area contributed by atoms with Gasteiger partial charge in [-0.05, 0) is 47.0 Å². The molecule has 1 aliphatic heterocycles. The van der Waals surface area contributed by atoms with E-state index in [1.807, 2.05) is 0 Å². The summed E-state index contributed by atoms with van der Waals surface area (Å²) in [5, 5.41) is 2.60. The molecule has 1 atom stereocenters.